The number of fused-ring (bicyclic) bond motifs is 1. The molecule has 0 saturated carbocycles. The number of H-pyrrole nitrogens is 1. The maximum absolute atomic E-state index is 13.1. The summed E-state index contributed by atoms with van der Waals surface area (Å²) in [6.45, 7) is 3.18. The largest absolute Gasteiger partial charge is 0.346 e. The van der Waals surface area contributed by atoms with E-state index in [2.05, 4.69) is 27.1 Å². The number of thiazole rings is 1. The molecule has 0 radical (unpaired) electrons. The van der Waals surface area contributed by atoms with Gasteiger partial charge in [-0.15, -0.1) is 22.7 Å². The van der Waals surface area contributed by atoms with Crippen molar-refractivity contribution in [3.05, 3.63) is 63.2 Å². The van der Waals surface area contributed by atoms with Crippen LogP contribution in [0, 0.1) is 6.92 Å². The molecule has 5 rings (SSSR count). The van der Waals surface area contributed by atoms with Crippen LogP contribution in [-0.2, 0) is 0 Å². The van der Waals surface area contributed by atoms with Crippen molar-refractivity contribution in [2.24, 2.45) is 0 Å². The fraction of sp³-hybridized carbons (Fsp3) is 0.190. The summed E-state index contributed by atoms with van der Waals surface area (Å²) in [7, 11) is 0. The predicted octanol–water partition coefficient (Wildman–Crippen LogP) is 5.64. The average Bonchev–Trinajstić information content (AvgIpc) is 3.45. The summed E-state index contributed by atoms with van der Waals surface area (Å²) in [5.74, 6) is 0.0461. The molecule has 146 valence electrons. The zero-order valence-corrected chi connectivity index (χ0v) is 18.0. The topological polar surface area (TPSA) is 61.9 Å². The van der Waals surface area contributed by atoms with Crippen LogP contribution in [0.4, 0.5) is 0 Å². The van der Waals surface area contributed by atoms with Gasteiger partial charge in [-0.1, -0.05) is 17.7 Å². The molecule has 0 bridgehead atoms. The van der Waals surface area contributed by atoms with E-state index in [0.29, 0.717) is 18.0 Å². The summed E-state index contributed by atoms with van der Waals surface area (Å²) in [5.41, 5.74) is 4.09. The van der Waals surface area contributed by atoms with Crippen LogP contribution < -0.4 is 0 Å². The minimum Gasteiger partial charge on any atom is -0.346 e. The highest BCUT2D eigenvalue weighted by Gasteiger charge is 2.24. The van der Waals surface area contributed by atoms with Crippen LogP contribution in [0.1, 0.15) is 27.3 Å². The smallest absolute Gasteiger partial charge is 0.266 e. The van der Waals surface area contributed by atoms with E-state index in [9.17, 15) is 4.79 Å². The second-order valence-corrected chi connectivity index (χ2v) is 9.58. The lowest BCUT2D eigenvalue weighted by Crippen LogP contribution is -2.34. The first-order valence-corrected chi connectivity index (χ1v) is 11.2. The number of rotatable bonds is 3. The van der Waals surface area contributed by atoms with Crippen molar-refractivity contribution < 1.29 is 4.79 Å². The number of aryl methyl sites for hydroxylation is 1. The molecular formula is C21H17ClN4OS2. The van der Waals surface area contributed by atoms with E-state index in [1.165, 1.54) is 33.8 Å². The third-order valence-electron chi connectivity index (χ3n) is 5.07. The number of hydrogen-bond donors (Lipinski definition) is 1. The molecule has 5 heterocycles. The number of hydrogen-bond acceptors (Lipinski definition) is 5. The Kier molecular flexibility index (Phi) is 4.73. The number of thiophene rings is 1. The van der Waals surface area contributed by atoms with Gasteiger partial charge in [-0.25, -0.2) is 9.97 Å². The van der Waals surface area contributed by atoms with Gasteiger partial charge < -0.3 is 9.88 Å². The number of aromatic amines is 1. The number of pyridine rings is 1. The number of amides is 1. The maximum Gasteiger partial charge on any atom is 0.266 e. The van der Waals surface area contributed by atoms with Crippen molar-refractivity contribution in [1.82, 2.24) is 19.9 Å². The molecule has 4 aromatic heterocycles. The van der Waals surface area contributed by atoms with Crippen molar-refractivity contribution in [2.45, 2.75) is 13.3 Å². The van der Waals surface area contributed by atoms with Crippen molar-refractivity contribution in [1.29, 1.82) is 0 Å². The average molecular weight is 441 g/mol. The molecule has 0 spiro atoms. The summed E-state index contributed by atoms with van der Waals surface area (Å²) in [4.78, 5) is 28.9. The molecule has 0 saturated heterocycles. The Balaban J connectivity index is 1.37. The fourth-order valence-electron chi connectivity index (χ4n) is 3.59. The summed E-state index contributed by atoms with van der Waals surface area (Å²) >= 11 is 8.97. The standard InChI is InChI=1S/C21H17ClN4OS2/c1-12-18(29-20(25-12)16-4-5-17(22)28-16)21(27)26-9-6-13(7-10-26)15-11-24-19-14(15)3-2-8-23-19/h2-6,8,11H,7,9-10H2,1H3,(H,23,24). The quantitative estimate of drug-likeness (QED) is 0.448. The zero-order chi connectivity index (χ0) is 20.0. The fourth-order valence-corrected chi connectivity index (χ4v) is 5.72. The van der Waals surface area contributed by atoms with Crippen LogP contribution in [0.5, 0.6) is 0 Å². The number of halogens is 1. The second-order valence-electron chi connectivity index (χ2n) is 6.87. The van der Waals surface area contributed by atoms with Gasteiger partial charge in [0.1, 0.15) is 15.5 Å². The number of carbonyl (C=O) groups excluding carboxylic acids is 1. The third kappa shape index (κ3) is 3.39. The van der Waals surface area contributed by atoms with Crippen molar-refractivity contribution >= 4 is 56.8 Å². The van der Waals surface area contributed by atoms with Gasteiger partial charge in [0.15, 0.2) is 0 Å². The number of aromatic nitrogens is 3. The molecule has 4 aromatic rings. The van der Waals surface area contributed by atoms with Gasteiger partial charge in [0, 0.05) is 36.4 Å². The van der Waals surface area contributed by atoms with E-state index in [0.717, 1.165) is 37.4 Å². The number of nitrogens with one attached hydrogen (secondary N) is 1. The first kappa shape index (κ1) is 18.5. The monoisotopic (exact) mass is 440 g/mol. The summed E-state index contributed by atoms with van der Waals surface area (Å²) in [6.07, 6.45) is 6.76. The first-order valence-electron chi connectivity index (χ1n) is 9.24. The van der Waals surface area contributed by atoms with Crippen molar-refractivity contribution in [3.8, 4) is 9.88 Å². The second kappa shape index (κ2) is 7.40. The molecule has 0 atom stereocenters. The van der Waals surface area contributed by atoms with Crippen LogP contribution in [0.25, 0.3) is 26.5 Å². The van der Waals surface area contributed by atoms with E-state index >= 15 is 0 Å². The Morgan fingerprint density at radius 2 is 2.17 bits per heavy atom. The molecule has 29 heavy (non-hydrogen) atoms. The van der Waals surface area contributed by atoms with Crippen LogP contribution in [0.15, 0.2) is 42.7 Å². The van der Waals surface area contributed by atoms with Gasteiger partial charge in [0.05, 0.1) is 14.9 Å². The number of carbonyl (C=O) groups is 1. The van der Waals surface area contributed by atoms with E-state index in [4.69, 9.17) is 11.6 Å². The van der Waals surface area contributed by atoms with Gasteiger partial charge >= 0.3 is 0 Å². The molecule has 1 N–H and O–H groups in total. The molecule has 8 heteroatoms. The minimum atomic E-state index is 0.0461. The molecule has 1 aliphatic heterocycles. The van der Waals surface area contributed by atoms with E-state index in [1.807, 2.05) is 36.2 Å². The first-order chi connectivity index (χ1) is 14.1. The Bertz CT molecular complexity index is 1250. The molecule has 0 fully saturated rings. The molecule has 5 nitrogen and oxygen atoms in total. The Morgan fingerprint density at radius 3 is 2.93 bits per heavy atom. The summed E-state index contributed by atoms with van der Waals surface area (Å²) < 4.78 is 0.724. The molecule has 0 unspecified atom stereocenters. The van der Waals surface area contributed by atoms with Crippen LogP contribution in [-0.4, -0.2) is 38.8 Å². The van der Waals surface area contributed by atoms with E-state index in [-0.39, 0.29) is 5.91 Å². The maximum atomic E-state index is 13.1. The summed E-state index contributed by atoms with van der Waals surface area (Å²) in [6, 6.07) is 7.83. The number of nitrogens with zero attached hydrogens (tertiary/aromatic N) is 3. The zero-order valence-electron chi connectivity index (χ0n) is 15.6. The highest BCUT2D eigenvalue weighted by atomic mass is 35.5. The normalized spacial score (nSPS) is 14.4. The van der Waals surface area contributed by atoms with E-state index in [1.54, 1.807) is 6.20 Å². The lowest BCUT2D eigenvalue weighted by molar-refractivity contribution is 0.0777. The predicted molar refractivity (Wildman–Crippen MR) is 120 cm³/mol. The van der Waals surface area contributed by atoms with Gasteiger partial charge in [0.2, 0.25) is 0 Å². The minimum absolute atomic E-state index is 0.0461. The summed E-state index contributed by atoms with van der Waals surface area (Å²) in [5, 5.41) is 1.97. The van der Waals surface area contributed by atoms with Crippen molar-refractivity contribution in [3.63, 3.8) is 0 Å². The van der Waals surface area contributed by atoms with Gasteiger partial charge in [-0.05, 0) is 43.2 Å². The molecular weight excluding hydrogens is 424 g/mol. The Morgan fingerprint density at radius 1 is 1.28 bits per heavy atom. The van der Waals surface area contributed by atoms with Crippen LogP contribution in [0.3, 0.4) is 0 Å². The highest BCUT2D eigenvalue weighted by molar-refractivity contribution is 7.24. The van der Waals surface area contributed by atoms with Crippen molar-refractivity contribution in [2.75, 3.05) is 13.1 Å². The molecule has 1 amide bonds. The molecule has 0 aromatic carbocycles. The Hall–Kier alpha value is -2.48. The van der Waals surface area contributed by atoms with Gasteiger partial charge in [-0.2, -0.15) is 0 Å². The third-order valence-corrected chi connectivity index (χ3v) is 7.61. The SMILES string of the molecule is Cc1nc(-c2ccc(Cl)s2)sc1C(=O)N1CC=C(c2c[nH]c3ncccc23)CC1. The highest BCUT2D eigenvalue weighted by Crippen LogP contribution is 2.36. The molecule has 1 aliphatic rings. The van der Waals surface area contributed by atoms with Gasteiger partial charge in [0.25, 0.3) is 5.91 Å². The van der Waals surface area contributed by atoms with Gasteiger partial charge in [-0.3, -0.25) is 4.79 Å². The van der Waals surface area contributed by atoms with E-state index < -0.39 is 0 Å². The van der Waals surface area contributed by atoms with Crippen LogP contribution >= 0.6 is 34.3 Å². The molecule has 0 aliphatic carbocycles. The van der Waals surface area contributed by atoms with Crippen LogP contribution in [0.2, 0.25) is 4.34 Å². The lowest BCUT2D eigenvalue weighted by Gasteiger charge is -2.26. The lowest BCUT2D eigenvalue weighted by atomic mass is 9.99. The Labute approximate surface area is 180 Å².